The largest absolute Gasteiger partial charge is 0.345 e. The summed E-state index contributed by atoms with van der Waals surface area (Å²) in [6.07, 6.45) is 1.64. The number of thiocarbonyl (C=S) groups is 1. The van der Waals surface area contributed by atoms with E-state index in [0.717, 1.165) is 25.2 Å². The molecule has 25 heavy (non-hydrogen) atoms. The molecular formula is C18H30N3O2S2+. The molecule has 2 N–H and O–H groups in total. The normalized spacial score (nSPS) is 19.2. The lowest BCUT2D eigenvalue weighted by Crippen LogP contribution is -3.05. The lowest BCUT2D eigenvalue weighted by atomic mass is 10.1. The van der Waals surface area contributed by atoms with Crippen molar-refractivity contribution in [2.75, 3.05) is 44.0 Å². The highest BCUT2D eigenvalue weighted by Crippen LogP contribution is 2.20. The minimum atomic E-state index is -2.93. The van der Waals surface area contributed by atoms with Crippen molar-refractivity contribution >= 4 is 32.9 Å². The van der Waals surface area contributed by atoms with Crippen molar-refractivity contribution in [3.05, 3.63) is 29.3 Å². The number of nitrogens with zero attached hydrogens (tertiary/aromatic N) is 1. The molecule has 0 amide bonds. The molecule has 140 valence electrons. The van der Waals surface area contributed by atoms with Gasteiger partial charge in [0.15, 0.2) is 14.9 Å². The van der Waals surface area contributed by atoms with Crippen LogP contribution in [0.1, 0.15) is 24.0 Å². The first-order chi connectivity index (χ1) is 11.7. The average Bonchev–Trinajstić information content (AvgIpc) is 2.87. The number of hydrogen-bond donors (Lipinski definition) is 2. The Hall–Kier alpha value is -1.18. The molecule has 1 atom stereocenters. The van der Waals surface area contributed by atoms with Gasteiger partial charge in [-0.1, -0.05) is 6.07 Å². The van der Waals surface area contributed by atoms with Crippen LogP contribution < -0.4 is 10.2 Å². The zero-order chi connectivity index (χ0) is 18.6. The smallest absolute Gasteiger partial charge is 0.173 e. The van der Waals surface area contributed by atoms with Crippen LogP contribution in [0.15, 0.2) is 18.2 Å². The SMILES string of the molecule is Cc1ccc(NC(=S)N(CCC[NH+](C)C)[C@H]2CCS(=O)(=O)C2)cc1C. The van der Waals surface area contributed by atoms with Crippen molar-refractivity contribution in [1.82, 2.24) is 4.90 Å². The first-order valence-corrected chi connectivity index (χ1v) is 11.1. The molecule has 0 unspecified atom stereocenters. The number of anilines is 1. The van der Waals surface area contributed by atoms with Crippen molar-refractivity contribution in [3.8, 4) is 0 Å². The fourth-order valence-electron chi connectivity index (χ4n) is 3.09. The number of hydrogen-bond acceptors (Lipinski definition) is 3. The Morgan fingerprint density at radius 2 is 2.04 bits per heavy atom. The topological polar surface area (TPSA) is 53.9 Å². The maximum absolute atomic E-state index is 11.9. The van der Waals surface area contributed by atoms with Crippen LogP contribution in [0.25, 0.3) is 0 Å². The second-order valence-corrected chi connectivity index (χ2v) is 9.91. The number of quaternary nitrogens is 1. The molecule has 1 aliphatic heterocycles. The molecule has 1 fully saturated rings. The van der Waals surface area contributed by atoms with E-state index in [4.69, 9.17) is 12.2 Å². The Morgan fingerprint density at radius 3 is 2.60 bits per heavy atom. The van der Waals surface area contributed by atoms with Crippen LogP contribution in [0.5, 0.6) is 0 Å². The van der Waals surface area contributed by atoms with Gasteiger partial charge in [-0.15, -0.1) is 0 Å². The summed E-state index contributed by atoms with van der Waals surface area (Å²) >= 11 is 5.64. The van der Waals surface area contributed by atoms with Crippen molar-refractivity contribution in [3.63, 3.8) is 0 Å². The van der Waals surface area contributed by atoms with E-state index in [1.54, 1.807) is 0 Å². The van der Waals surface area contributed by atoms with E-state index >= 15 is 0 Å². The zero-order valence-corrected chi connectivity index (χ0v) is 17.3. The van der Waals surface area contributed by atoms with Gasteiger partial charge >= 0.3 is 0 Å². The fraction of sp³-hybridized carbons (Fsp3) is 0.611. The molecule has 0 radical (unpaired) electrons. The molecule has 0 aliphatic carbocycles. The first-order valence-electron chi connectivity index (χ1n) is 8.82. The van der Waals surface area contributed by atoms with Gasteiger partial charge < -0.3 is 15.1 Å². The number of aryl methyl sites for hydroxylation is 2. The zero-order valence-electron chi connectivity index (χ0n) is 15.6. The third-order valence-electron chi connectivity index (χ3n) is 4.74. The van der Waals surface area contributed by atoms with Gasteiger partial charge in [0, 0.05) is 24.7 Å². The van der Waals surface area contributed by atoms with E-state index < -0.39 is 9.84 Å². The lowest BCUT2D eigenvalue weighted by molar-refractivity contribution is -0.858. The molecule has 0 saturated carbocycles. The predicted octanol–water partition coefficient (Wildman–Crippen LogP) is 1.02. The monoisotopic (exact) mass is 384 g/mol. The summed E-state index contributed by atoms with van der Waals surface area (Å²) in [5.41, 5.74) is 3.40. The van der Waals surface area contributed by atoms with Gasteiger partial charge in [0.05, 0.1) is 32.1 Å². The van der Waals surface area contributed by atoms with Gasteiger partial charge in [-0.2, -0.15) is 0 Å². The summed E-state index contributed by atoms with van der Waals surface area (Å²) in [5.74, 6) is 0.468. The van der Waals surface area contributed by atoms with Crippen LogP contribution >= 0.6 is 12.2 Å². The highest BCUT2D eigenvalue weighted by molar-refractivity contribution is 7.91. The van der Waals surface area contributed by atoms with Gasteiger partial charge in [0.1, 0.15) is 0 Å². The standard InChI is InChI=1S/C18H29N3O2S2/c1-14-6-7-16(12-15(14)2)19-18(24)21(10-5-9-20(3)4)17-8-11-25(22,23)13-17/h6-7,12,17H,5,8-11,13H2,1-4H3,(H,19,24)/p+1/t17-/m0/s1. The Morgan fingerprint density at radius 1 is 1.32 bits per heavy atom. The van der Waals surface area contributed by atoms with E-state index in [9.17, 15) is 8.42 Å². The minimum Gasteiger partial charge on any atom is -0.345 e. The quantitative estimate of drug-likeness (QED) is 0.718. The van der Waals surface area contributed by atoms with Crippen LogP contribution in [-0.4, -0.2) is 63.2 Å². The molecular weight excluding hydrogens is 354 g/mol. The van der Waals surface area contributed by atoms with E-state index in [2.05, 4.69) is 50.3 Å². The molecule has 1 saturated heterocycles. The summed E-state index contributed by atoms with van der Waals surface area (Å²) < 4.78 is 23.8. The van der Waals surface area contributed by atoms with Gasteiger partial charge in [-0.05, 0) is 55.7 Å². The molecule has 1 aromatic rings. The predicted molar refractivity (Wildman–Crippen MR) is 108 cm³/mol. The van der Waals surface area contributed by atoms with Crippen LogP contribution in [0.4, 0.5) is 5.69 Å². The maximum atomic E-state index is 11.9. The highest BCUT2D eigenvalue weighted by Gasteiger charge is 2.33. The van der Waals surface area contributed by atoms with Crippen molar-refractivity contribution in [2.45, 2.75) is 32.7 Å². The summed E-state index contributed by atoms with van der Waals surface area (Å²) in [7, 11) is 1.31. The van der Waals surface area contributed by atoms with E-state index in [-0.39, 0.29) is 17.5 Å². The molecule has 2 rings (SSSR count). The molecule has 5 nitrogen and oxygen atoms in total. The summed E-state index contributed by atoms with van der Waals surface area (Å²) in [4.78, 5) is 3.46. The first kappa shape index (κ1) is 20.1. The average molecular weight is 385 g/mol. The molecule has 0 bridgehead atoms. The minimum absolute atomic E-state index is 0.0197. The van der Waals surface area contributed by atoms with Crippen LogP contribution in [0.2, 0.25) is 0 Å². The van der Waals surface area contributed by atoms with Crippen LogP contribution in [0, 0.1) is 13.8 Å². The van der Waals surface area contributed by atoms with Crippen molar-refractivity contribution < 1.29 is 13.3 Å². The Balaban J connectivity index is 2.09. The molecule has 1 heterocycles. The molecule has 0 aromatic heterocycles. The number of sulfone groups is 1. The molecule has 7 heteroatoms. The molecule has 1 aromatic carbocycles. The van der Waals surface area contributed by atoms with Gasteiger partial charge in [0.2, 0.25) is 0 Å². The van der Waals surface area contributed by atoms with E-state index in [0.29, 0.717) is 11.5 Å². The highest BCUT2D eigenvalue weighted by atomic mass is 32.2. The van der Waals surface area contributed by atoms with Crippen LogP contribution in [0.3, 0.4) is 0 Å². The summed E-state index contributed by atoms with van der Waals surface area (Å²) in [5, 5.41) is 3.93. The maximum Gasteiger partial charge on any atom is 0.173 e. The number of nitrogens with one attached hydrogen (secondary N) is 2. The van der Waals surface area contributed by atoms with E-state index in [1.807, 2.05) is 6.07 Å². The van der Waals surface area contributed by atoms with Gasteiger partial charge in [-0.3, -0.25) is 0 Å². The van der Waals surface area contributed by atoms with E-state index in [1.165, 1.54) is 16.0 Å². The fourth-order valence-corrected chi connectivity index (χ4v) is 5.18. The molecule has 0 spiro atoms. The van der Waals surface area contributed by atoms with Crippen molar-refractivity contribution in [1.29, 1.82) is 0 Å². The second-order valence-electron chi connectivity index (χ2n) is 7.29. The number of rotatable bonds is 6. The Kier molecular flexibility index (Phi) is 6.82. The third-order valence-corrected chi connectivity index (χ3v) is 6.83. The lowest BCUT2D eigenvalue weighted by Gasteiger charge is -2.31. The summed E-state index contributed by atoms with van der Waals surface area (Å²) in [6.45, 7) is 5.96. The number of benzene rings is 1. The van der Waals surface area contributed by atoms with Gasteiger partial charge in [0.25, 0.3) is 0 Å². The van der Waals surface area contributed by atoms with Gasteiger partial charge in [-0.25, -0.2) is 8.42 Å². The molecule has 1 aliphatic rings. The summed E-state index contributed by atoms with van der Waals surface area (Å²) in [6, 6.07) is 6.14. The van der Waals surface area contributed by atoms with Crippen molar-refractivity contribution in [2.24, 2.45) is 0 Å². The Labute approximate surface area is 157 Å². The Bertz CT molecular complexity index is 717. The third kappa shape index (κ3) is 5.94. The van der Waals surface area contributed by atoms with Crippen LogP contribution in [-0.2, 0) is 9.84 Å². The second kappa shape index (κ2) is 8.47.